The molecule has 2 aromatic rings. The van der Waals surface area contributed by atoms with Crippen molar-refractivity contribution in [2.45, 2.75) is 24.1 Å². The first-order chi connectivity index (χ1) is 11.1. The zero-order valence-corrected chi connectivity index (χ0v) is 14.8. The molecule has 23 heavy (non-hydrogen) atoms. The van der Waals surface area contributed by atoms with Gasteiger partial charge in [0.05, 0.1) is 7.11 Å². The van der Waals surface area contributed by atoms with Crippen LogP contribution in [0.15, 0.2) is 35.2 Å². The number of ether oxygens (including phenoxy) is 1. The Morgan fingerprint density at radius 2 is 2.30 bits per heavy atom. The van der Waals surface area contributed by atoms with Gasteiger partial charge in [-0.1, -0.05) is 41.3 Å². The molecule has 0 aliphatic heterocycles. The van der Waals surface area contributed by atoms with Crippen molar-refractivity contribution in [3.63, 3.8) is 0 Å². The minimum atomic E-state index is -0.0603. The normalized spacial score (nSPS) is 10.3. The number of rotatable bonds is 8. The van der Waals surface area contributed by atoms with E-state index >= 15 is 0 Å². The van der Waals surface area contributed by atoms with Crippen molar-refractivity contribution in [3.05, 3.63) is 42.0 Å². The van der Waals surface area contributed by atoms with Crippen LogP contribution >= 0.6 is 23.1 Å². The molecule has 0 fully saturated rings. The zero-order chi connectivity index (χ0) is 16.7. The molecule has 1 heterocycles. The van der Waals surface area contributed by atoms with Gasteiger partial charge in [0, 0.05) is 12.2 Å². The van der Waals surface area contributed by atoms with Gasteiger partial charge in [0.1, 0.15) is 5.75 Å². The molecule has 7 heteroatoms. The van der Waals surface area contributed by atoms with Gasteiger partial charge in [0.2, 0.25) is 11.0 Å². The molecule has 0 bridgehead atoms. The molecular formula is C16H19N3O2S2. The van der Waals surface area contributed by atoms with Gasteiger partial charge in [-0.15, -0.1) is 16.8 Å². The summed E-state index contributed by atoms with van der Waals surface area (Å²) in [7, 11) is 1.65. The molecular weight excluding hydrogens is 330 g/mol. The molecule has 0 radical (unpaired) electrons. The number of benzene rings is 1. The first-order valence-electron chi connectivity index (χ1n) is 7.13. The maximum Gasteiger partial charge on any atom is 0.226 e. The first-order valence-corrected chi connectivity index (χ1v) is 8.93. The minimum Gasteiger partial charge on any atom is -0.496 e. The molecule has 1 amide bonds. The summed E-state index contributed by atoms with van der Waals surface area (Å²) in [4.78, 5) is 12.0. The third kappa shape index (κ3) is 5.37. The molecule has 0 aliphatic carbocycles. The highest BCUT2D eigenvalue weighted by Gasteiger charge is 2.09. The van der Waals surface area contributed by atoms with E-state index < -0.39 is 0 Å². The van der Waals surface area contributed by atoms with Crippen LogP contribution in [0.3, 0.4) is 0 Å². The molecule has 0 atom stereocenters. The number of methoxy groups -OCH3 is 1. The standard InChI is InChI=1S/C16H19N3O2S2/c1-4-9-22-16-19-18-15(23-16)17-14(20)8-6-12-5-7-13(21-3)11(2)10-12/h4-5,7,10H,1,6,8-9H2,2-3H3,(H,17,18,20). The number of anilines is 1. The van der Waals surface area contributed by atoms with E-state index in [1.54, 1.807) is 24.9 Å². The van der Waals surface area contributed by atoms with Crippen molar-refractivity contribution in [3.8, 4) is 5.75 Å². The first kappa shape index (κ1) is 17.5. The van der Waals surface area contributed by atoms with Gasteiger partial charge in [0.15, 0.2) is 4.34 Å². The van der Waals surface area contributed by atoms with Crippen molar-refractivity contribution >= 4 is 34.1 Å². The molecule has 0 spiro atoms. The van der Waals surface area contributed by atoms with Gasteiger partial charge in [-0.3, -0.25) is 4.79 Å². The largest absolute Gasteiger partial charge is 0.496 e. The van der Waals surface area contributed by atoms with Gasteiger partial charge >= 0.3 is 0 Å². The summed E-state index contributed by atoms with van der Waals surface area (Å²) >= 11 is 2.92. The highest BCUT2D eigenvalue weighted by atomic mass is 32.2. The third-order valence-corrected chi connectivity index (χ3v) is 5.05. The number of amides is 1. The van der Waals surface area contributed by atoms with Crippen molar-refractivity contribution in [1.29, 1.82) is 0 Å². The second-order valence-electron chi connectivity index (χ2n) is 4.82. The summed E-state index contributed by atoms with van der Waals surface area (Å²) in [5, 5.41) is 11.3. The summed E-state index contributed by atoms with van der Waals surface area (Å²) < 4.78 is 6.06. The summed E-state index contributed by atoms with van der Waals surface area (Å²) in [6.45, 7) is 5.65. The Hall–Kier alpha value is -1.86. The van der Waals surface area contributed by atoms with Gasteiger partial charge < -0.3 is 10.1 Å². The monoisotopic (exact) mass is 349 g/mol. The zero-order valence-electron chi connectivity index (χ0n) is 13.2. The second kappa shape index (κ2) is 8.69. The summed E-state index contributed by atoms with van der Waals surface area (Å²) in [6.07, 6.45) is 2.88. The van der Waals surface area contributed by atoms with Crippen LogP contribution in [0.1, 0.15) is 17.5 Å². The van der Waals surface area contributed by atoms with Crippen LogP contribution in [-0.4, -0.2) is 29.0 Å². The molecule has 1 aromatic heterocycles. The van der Waals surface area contributed by atoms with E-state index in [2.05, 4.69) is 22.1 Å². The number of nitrogens with zero attached hydrogens (tertiary/aromatic N) is 2. The average molecular weight is 349 g/mol. The fourth-order valence-corrected chi connectivity index (χ4v) is 3.51. The van der Waals surface area contributed by atoms with Crippen LogP contribution in [0.5, 0.6) is 5.75 Å². The van der Waals surface area contributed by atoms with E-state index in [0.717, 1.165) is 27.0 Å². The SMILES string of the molecule is C=CCSc1nnc(NC(=O)CCc2ccc(OC)c(C)c2)s1. The Morgan fingerprint density at radius 3 is 3.00 bits per heavy atom. The fourth-order valence-electron chi connectivity index (χ4n) is 1.98. The Morgan fingerprint density at radius 1 is 1.48 bits per heavy atom. The fraction of sp³-hybridized carbons (Fsp3) is 0.312. The van der Waals surface area contributed by atoms with E-state index in [1.165, 1.54) is 11.3 Å². The highest BCUT2D eigenvalue weighted by Crippen LogP contribution is 2.25. The maximum atomic E-state index is 12.0. The van der Waals surface area contributed by atoms with Crippen LogP contribution in [0.4, 0.5) is 5.13 Å². The van der Waals surface area contributed by atoms with Crippen molar-refractivity contribution in [2.24, 2.45) is 0 Å². The number of carbonyl (C=O) groups excluding carboxylic acids is 1. The Bertz CT molecular complexity index is 686. The molecule has 0 saturated heterocycles. The van der Waals surface area contributed by atoms with Crippen molar-refractivity contribution < 1.29 is 9.53 Å². The van der Waals surface area contributed by atoms with E-state index in [9.17, 15) is 4.79 Å². The van der Waals surface area contributed by atoms with Crippen LogP contribution in [0.2, 0.25) is 0 Å². The minimum absolute atomic E-state index is 0.0603. The van der Waals surface area contributed by atoms with Gasteiger partial charge in [0.25, 0.3) is 0 Å². The number of hydrogen-bond acceptors (Lipinski definition) is 6. The lowest BCUT2D eigenvalue weighted by molar-refractivity contribution is -0.116. The number of aryl methyl sites for hydroxylation is 2. The number of thioether (sulfide) groups is 1. The molecule has 0 aliphatic rings. The van der Waals surface area contributed by atoms with E-state index in [4.69, 9.17) is 4.74 Å². The number of aromatic nitrogens is 2. The van der Waals surface area contributed by atoms with E-state index in [-0.39, 0.29) is 5.91 Å². The third-order valence-electron chi connectivity index (χ3n) is 3.08. The van der Waals surface area contributed by atoms with Crippen LogP contribution in [0, 0.1) is 6.92 Å². The Balaban J connectivity index is 1.84. The van der Waals surface area contributed by atoms with E-state index in [0.29, 0.717) is 18.0 Å². The smallest absolute Gasteiger partial charge is 0.226 e. The van der Waals surface area contributed by atoms with Gasteiger partial charge in [-0.05, 0) is 30.5 Å². The van der Waals surface area contributed by atoms with Crippen molar-refractivity contribution in [1.82, 2.24) is 10.2 Å². The summed E-state index contributed by atoms with van der Waals surface area (Å²) in [6, 6.07) is 5.95. The molecule has 1 N–H and O–H groups in total. The number of nitrogens with one attached hydrogen (secondary N) is 1. The Kier molecular flexibility index (Phi) is 6.61. The lowest BCUT2D eigenvalue weighted by Crippen LogP contribution is -2.12. The predicted octanol–water partition coefficient (Wildman–Crippen LogP) is 3.70. The number of carbonyl (C=O) groups is 1. The van der Waals surface area contributed by atoms with Gasteiger partial charge in [-0.25, -0.2) is 0 Å². The van der Waals surface area contributed by atoms with Crippen LogP contribution < -0.4 is 10.1 Å². The number of hydrogen-bond donors (Lipinski definition) is 1. The quantitative estimate of drug-likeness (QED) is 0.447. The highest BCUT2D eigenvalue weighted by molar-refractivity contribution is 8.01. The summed E-state index contributed by atoms with van der Waals surface area (Å²) in [5.74, 6) is 1.57. The Labute approximate surface area is 144 Å². The topological polar surface area (TPSA) is 64.1 Å². The molecule has 5 nitrogen and oxygen atoms in total. The van der Waals surface area contributed by atoms with Crippen LogP contribution in [-0.2, 0) is 11.2 Å². The maximum absolute atomic E-state index is 12.0. The van der Waals surface area contributed by atoms with Gasteiger partial charge in [-0.2, -0.15) is 0 Å². The molecule has 1 aromatic carbocycles. The second-order valence-corrected chi connectivity index (χ2v) is 7.07. The lowest BCUT2D eigenvalue weighted by atomic mass is 10.1. The molecule has 122 valence electrons. The molecule has 2 rings (SSSR count). The predicted molar refractivity (Wildman–Crippen MR) is 95.5 cm³/mol. The van der Waals surface area contributed by atoms with Crippen LogP contribution in [0.25, 0.3) is 0 Å². The lowest BCUT2D eigenvalue weighted by Gasteiger charge is -2.07. The summed E-state index contributed by atoms with van der Waals surface area (Å²) in [5.41, 5.74) is 2.18. The average Bonchev–Trinajstić information content (AvgIpc) is 2.98. The molecule has 0 saturated carbocycles. The molecule has 0 unspecified atom stereocenters. The van der Waals surface area contributed by atoms with E-state index in [1.807, 2.05) is 25.1 Å². The van der Waals surface area contributed by atoms with Crippen molar-refractivity contribution in [2.75, 3.05) is 18.2 Å².